The van der Waals surface area contributed by atoms with E-state index < -0.39 is 0 Å². The number of H-pyrrole nitrogens is 1. The van der Waals surface area contributed by atoms with Crippen LogP contribution in [-0.4, -0.2) is 16.4 Å². The zero-order chi connectivity index (χ0) is 17.8. The fourth-order valence-corrected chi connectivity index (χ4v) is 4.23. The first-order valence-electron chi connectivity index (χ1n) is 8.82. The minimum atomic E-state index is 0.790. The fraction of sp³-hybridized carbons (Fsp3) is 0.182. The van der Waals surface area contributed by atoms with E-state index in [9.17, 15) is 0 Å². The summed E-state index contributed by atoms with van der Waals surface area (Å²) < 4.78 is 0. The summed E-state index contributed by atoms with van der Waals surface area (Å²) >= 11 is 8.01. The largest absolute Gasteiger partial charge is 0.361 e. The molecule has 4 rings (SSSR count). The number of nitrogens with one attached hydrogen (secondary N) is 1. The van der Waals surface area contributed by atoms with E-state index in [1.807, 2.05) is 17.4 Å². The third-order valence-electron chi connectivity index (χ3n) is 4.64. The van der Waals surface area contributed by atoms with Crippen LogP contribution in [0.3, 0.4) is 0 Å². The molecule has 4 heteroatoms. The molecule has 26 heavy (non-hydrogen) atoms. The van der Waals surface area contributed by atoms with Crippen LogP contribution in [0.5, 0.6) is 0 Å². The molecule has 0 spiro atoms. The first-order chi connectivity index (χ1) is 12.8. The Kier molecular flexibility index (Phi) is 5.40. The van der Waals surface area contributed by atoms with Crippen LogP contribution in [-0.2, 0) is 19.5 Å². The second-order valence-corrected chi connectivity index (χ2v) is 8.00. The molecule has 0 aliphatic rings. The molecule has 0 aliphatic carbocycles. The molecule has 2 aromatic carbocycles. The molecule has 0 unspecified atom stereocenters. The van der Waals surface area contributed by atoms with Crippen molar-refractivity contribution < 1.29 is 0 Å². The van der Waals surface area contributed by atoms with Crippen molar-refractivity contribution in [2.45, 2.75) is 19.5 Å². The number of thiophene rings is 1. The molecular weight excluding hydrogens is 360 g/mol. The minimum absolute atomic E-state index is 0.790. The first kappa shape index (κ1) is 17.3. The van der Waals surface area contributed by atoms with Crippen LogP contribution in [0.4, 0.5) is 0 Å². The number of rotatable bonds is 7. The summed E-state index contributed by atoms with van der Waals surface area (Å²) in [5.41, 5.74) is 3.83. The van der Waals surface area contributed by atoms with Gasteiger partial charge >= 0.3 is 0 Å². The number of aromatic nitrogens is 1. The van der Waals surface area contributed by atoms with Crippen LogP contribution in [0, 0.1) is 0 Å². The van der Waals surface area contributed by atoms with Gasteiger partial charge in [0.1, 0.15) is 0 Å². The van der Waals surface area contributed by atoms with Crippen molar-refractivity contribution in [1.82, 2.24) is 9.88 Å². The topological polar surface area (TPSA) is 19.0 Å². The standard InChI is InChI=1S/C22H21ClN2S/c23-19-8-9-22-21(13-19)18(14-24-22)10-11-25(16-20-7-4-12-26-20)15-17-5-2-1-3-6-17/h1-9,12-14,24H,10-11,15-16H2. The molecule has 4 aromatic rings. The molecule has 0 saturated heterocycles. The van der Waals surface area contributed by atoms with Gasteiger partial charge < -0.3 is 4.98 Å². The van der Waals surface area contributed by atoms with Crippen molar-refractivity contribution >= 4 is 33.8 Å². The SMILES string of the molecule is Clc1ccc2[nH]cc(CCN(Cc3ccccc3)Cc3cccs3)c2c1. The highest BCUT2D eigenvalue weighted by Crippen LogP contribution is 2.23. The molecule has 0 radical (unpaired) electrons. The maximum atomic E-state index is 6.19. The third-order valence-corrected chi connectivity index (χ3v) is 5.73. The van der Waals surface area contributed by atoms with Gasteiger partial charge in [0, 0.05) is 46.6 Å². The molecule has 2 nitrogen and oxygen atoms in total. The summed E-state index contributed by atoms with van der Waals surface area (Å²) in [6.45, 7) is 2.95. The highest BCUT2D eigenvalue weighted by molar-refractivity contribution is 7.09. The monoisotopic (exact) mass is 380 g/mol. The Morgan fingerprint density at radius 1 is 0.962 bits per heavy atom. The molecule has 2 heterocycles. The lowest BCUT2D eigenvalue weighted by atomic mass is 10.1. The van der Waals surface area contributed by atoms with Crippen molar-refractivity contribution in [2.24, 2.45) is 0 Å². The number of hydrogen-bond acceptors (Lipinski definition) is 2. The van der Waals surface area contributed by atoms with Gasteiger partial charge in [-0.3, -0.25) is 4.90 Å². The van der Waals surface area contributed by atoms with Gasteiger partial charge in [0.15, 0.2) is 0 Å². The van der Waals surface area contributed by atoms with Crippen LogP contribution < -0.4 is 0 Å². The number of aromatic amines is 1. The summed E-state index contributed by atoms with van der Waals surface area (Å²) in [5.74, 6) is 0. The van der Waals surface area contributed by atoms with Gasteiger partial charge in [0.05, 0.1) is 0 Å². The average molecular weight is 381 g/mol. The van der Waals surface area contributed by atoms with Crippen LogP contribution >= 0.6 is 22.9 Å². The molecule has 0 atom stereocenters. The lowest BCUT2D eigenvalue weighted by Gasteiger charge is -2.22. The Hall–Kier alpha value is -2.07. The van der Waals surface area contributed by atoms with E-state index in [1.165, 1.54) is 21.4 Å². The summed E-state index contributed by atoms with van der Waals surface area (Å²) in [4.78, 5) is 7.28. The highest BCUT2D eigenvalue weighted by Gasteiger charge is 2.11. The molecule has 0 saturated carbocycles. The summed E-state index contributed by atoms with van der Waals surface area (Å²) in [7, 11) is 0. The van der Waals surface area contributed by atoms with E-state index in [2.05, 4.69) is 76.1 Å². The van der Waals surface area contributed by atoms with Crippen molar-refractivity contribution in [2.75, 3.05) is 6.54 Å². The smallest absolute Gasteiger partial charge is 0.0457 e. The predicted molar refractivity (Wildman–Crippen MR) is 112 cm³/mol. The van der Waals surface area contributed by atoms with Crippen LogP contribution in [0.25, 0.3) is 10.9 Å². The lowest BCUT2D eigenvalue weighted by molar-refractivity contribution is 0.262. The molecule has 1 N–H and O–H groups in total. The normalized spacial score (nSPS) is 11.5. The molecule has 132 valence electrons. The van der Waals surface area contributed by atoms with Gasteiger partial charge in [-0.15, -0.1) is 11.3 Å². The van der Waals surface area contributed by atoms with Crippen molar-refractivity contribution in [3.05, 3.63) is 93.3 Å². The van der Waals surface area contributed by atoms with Crippen LogP contribution in [0.15, 0.2) is 72.2 Å². The van der Waals surface area contributed by atoms with Gasteiger partial charge in [-0.05, 0) is 47.2 Å². The van der Waals surface area contributed by atoms with E-state index in [4.69, 9.17) is 11.6 Å². The van der Waals surface area contributed by atoms with E-state index in [1.54, 1.807) is 0 Å². The van der Waals surface area contributed by atoms with Gasteiger partial charge in [-0.25, -0.2) is 0 Å². The zero-order valence-corrected chi connectivity index (χ0v) is 16.1. The predicted octanol–water partition coefficient (Wildman–Crippen LogP) is 6.13. The number of hydrogen-bond donors (Lipinski definition) is 1. The Labute approximate surface area is 163 Å². The minimum Gasteiger partial charge on any atom is -0.361 e. The molecular formula is C22H21ClN2S. The number of nitrogens with zero attached hydrogens (tertiary/aromatic N) is 1. The number of halogens is 1. The van der Waals surface area contributed by atoms with Crippen LogP contribution in [0.1, 0.15) is 16.0 Å². The van der Waals surface area contributed by atoms with Crippen molar-refractivity contribution in [3.8, 4) is 0 Å². The van der Waals surface area contributed by atoms with E-state index in [0.29, 0.717) is 0 Å². The summed E-state index contributed by atoms with van der Waals surface area (Å²) in [5, 5.41) is 4.17. The first-order valence-corrected chi connectivity index (χ1v) is 10.1. The van der Waals surface area contributed by atoms with Gasteiger partial charge in [0.2, 0.25) is 0 Å². The lowest BCUT2D eigenvalue weighted by Crippen LogP contribution is -2.24. The second-order valence-electron chi connectivity index (χ2n) is 6.53. The second kappa shape index (κ2) is 8.09. The number of fused-ring (bicyclic) bond motifs is 1. The Balaban J connectivity index is 1.50. The fourth-order valence-electron chi connectivity index (χ4n) is 3.31. The molecule has 0 amide bonds. The molecule has 0 fully saturated rings. The third kappa shape index (κ3) is 4.18. The van der Waals surface area contributed by atoms with Gasteiger partial charge in [0.25, 0.3) is 0 Å². The Bertz CT molecular complexity index is 960. The molecule has 0 bridgehead atoms. The zero-order valence-electron chi connectivity index (χ0n) is 14.5. The van der Waals surface area contributed by atoms with E-state index in [0.717, 1.165) is 36.6 Å². The van der Waals surface area contributed by atoms with E-state index in [-0.39, 0.29) is 0 Å². The van der Waals surface area contributed by atoms with Gasteiger partial charge in [-0.1, -0.05) is 48.0 Å². The average Bonchev–Trinajstić information content (AvgIpc) is 3.30. The Morgan fingerprint density at radius 3 is 2.65 bits per heavy atom. The van der Waals surface area contributed by atoms with E-state index >= 15 is 0 Å². The quantitative estimate of drug-likeness (QED) is 0.408. The summed E-state index contributed by atoms with van der Waals surface area (Å²) in [6.07, 6.45) is 3.12. The molecule has 2 aromatic heterocycles. The highest BCUT2D eigenvalue weighted by atomic mass is 35.5. The maximum Gasteiger partial charge on any atom is 0.0457 e. The summed E-state index contributed by atoms with van der Waals surface area (Å²) in [6, 6.07) is 21.1. The Morgan fingerprint density at radius 2 is 1.85 bits per heavy atom. The molecule has 0 aliphatic heterocycles. The maximum absolute atomic E-state index is 6.19. The van der Waals surface area contributed by atoms with Crippen molar-refractivity contribution in [1.29, 1.82) is 0 Å². The number of benzene rings is 2. The van der Waals surface area contributed by atoms with Crippen molar-refractivity contribution in [3.63, 3.8) is 0 Å². The van der Waals surface area contributed by atoms with Gasteiger partial charge in [-0.2, -0.15) is 0 Å². The van der Waals surface area contributed by atoms with Crippen LogP contribution in [0.2, 0.25) is 5.02 Å².